The minimum atomic E-state index is -0.941. The van der Waals surface area contributed by atoms with E-state index in [-0.39, 0.29) is 11.6 Å². The highest BCUT2D eigenvalue weighted by Gasteiger charge is 2.19. The number of carbonyl (C=O) groups excluding carboxylic acids is 1. The van der Waals surface area contributed by atoms with Gasteiger partial charge in [0.2, 0.25) is 11.7 Å². The van der Waals surface area contributed by atoms with Gasteiger partial charge in [0.25, 0.3) is 0 Å². The number of nitrogens with one attached hydrogen (secondary N) is 1. The Morgan fingerprint density at radius 3 is 2.86 bits per heavy atom. The van der Waals surface area contributed by atoms with Crippen LogP contribution in [0.4, 0.5) is 15.8 Å². The minimum absolute atomic E-state index is 0.181. The molecule has 0 aliphatic heterocycles. The number of anilines is 1. The summed E-state index contributed by atoms with van der Waals surface area (Å²) in [6.07, 6.45) is 0. The molecular formula is C13H12FN3O3S2. The third-order valence-electron chi connectivity index (χ3n) is 2.66. The van der Waals surface area contributed by atoms with E-state index in [0.29, 0.717) is 0 Å². The first-order valence-electron chi connectivity index (χ1n) is 6.20. The minimum Gasteiger partial charge on any atom is -0.325 e. The lowest BCUT2D eigenvalue weighted by atomic mass is 10.2. The van der Waals surface area contributed by atoms with Crippen LogP contribution < -0.4 is 5.32 Å². The van der Waals surface area contributed by atoms with Gasteiger partial charge in [-0.3, -0.25) is 14.9 Å². The maximum atomic E-state index is 13.2. The van der Waals surface area contributed by atoms with E-state index in [1.54, 1.807) is 6.92 Å². The predicted octanol–water partition coefficient (Wildman–Crippen LogP) is 3.62. The molecule has 0 saturated heterocycles. The van der Waals surface area contributed by atoms with Crippen LogP contribution in [0.5, 0.6) is 0 Å². The van der Waals surface area contributed by atoms with Gasteiger partial charge >= 0.3 is 5.69 Å². The smallest absolute Gasteiger partial charge is 0.306 e. The molecule has 1 N–H and O–H groups in total. The van der Waals surface area contributed by atoms with Crippen molar-refractivity contribution in [2.24, 2.45) is 0 Å². The van der Waals surface area contributed by atoms with Crippen LogP contribution in [-0.4, -0.2) is 21.1 Å². The Balaban J connectivity index is 2.05. The van der Waals surface area contributed by atoms with Crippen LogP contribution in [-0.2, 0) is 4.79 Å². The number of aryl methyl sites for hydroxylation is 1. The summed E-state index contributed by atoms with van der Waals surface area (Å²) in [4.78, 5) is 26.2. The lowest BCUT2D eigenvalue weighted by Gasteiger charge is -2.10. The van der Waals surface area contributed by atoms with Crippen LogP contribution in [0.1, 0.15) is 12.6 Å². The van der Waals surface area contributed by atoms with E-state index >= 15 is 0 Å². The molecule has 1 unspecified atom stereocenters. The highest BCUT2D eigenvalue weighted by molar-refractivity contribution is 8.02. The molecule has 22 heavy (non-hydrogen) atoms. The summed E-state index contributed by atoms with van der Waals surface area (Å²) in [5.74, 6) is -1.28. The number of aromatic nitrogens is 1. The van der Waals surface area contributed by atoms with Crippen LogP contribution in [0, 0.1) is 22.9 Å². The number of nitrogens with zero attached hydrogens (tertiary/aromatic N) is 2. The van der Waals surface area contributed by atoms with Gasteiger partial charge in [-0.05, 0) is 26.0 Å². The van der Waals surface area contributed by atoms with Gasteiger partial charge in [0, 0.05) is 22.8 Å². The number of halogens is 1. The van der Waals surface area contributed by atoms with Crippen molar-refractivity contribution >= 4 is 40.4 Å². The number of hydrogen-bond acceptors (Lipinski definition) is 6. The van der Waals surface area contributed by atoms with Crippen LogP contribution >= 0.6 is 23.1 Å². The SMILES string of the molecule is Cc1csc(SC(C)C(=O)Nc2ccc(F)c([N+](=O)[O-])c2)n1. The summed E-state index contributed by atoms with van der Waals surface area (Å²) in [5, 5.41) is 14.7. The van der Waals surface area contributed by atoms with E-state index in [0.717, 1.165) is 22.2 Å². The molecule has 1 heterocycles. The number of hydrogen-bond donors (Lipinski definition) is 1. The highest BCUT2D eigenvalue weighted by Crippen LogP contribution is 2.28. The Kier molecular flexibility index (Phi) is 5.09. The van der Waals surface area contributed by atoms with Crippen molar-refractivity contribution in [3.63, 3.8) is 0 Å². The summed E-state index contributed by atoms with van der Waals surface area (Å²) in [5.41, 5.74) is 0.392. The van der Waals surface area contributed by atoms with Crippen molar-refractivity contribution in [1.82, 2.24) is 4.98 Å². The summed E-state index contributed by atoms with van der Waals surface area (Å²) in [7, 11) is 0. The Labute approximate surface area is 133 Å². The molecule has 6 nitrogen and oxygen atoms in total. The molecule has 0 radical (unpaired) electrons. The third kappa shape index (κ3) is 4.01. The second kappa shape index (κ2) is 6.84. The van der Waals surface area contributed by atoms with Gasteiger partial charge in [0.05, 0.1) is 10.2 Å². The monoisotopic (exact) mass is 341 g/mol. The van der Waals surface area contributed by atoms with Crippen LogP contribution in [0.25, 0.3) is 0 Å². The van der Waals surface area contributed by atoms with Gasteiger partial charge in [0.15, 0.2) is 4.34 Å². The molecule has 116 valence electrons. The first kappa shape index (κ1) is 16.4. The van der Waals surface area contributed by atoms with Gasteiger partial charge in [-0.25, -0.2) is 4.98 Å². The Hall–Kier alpha value is -2.00. The fourth-order valence-electron chi connectivity index (χ4n) is 1.57. The fraction of sp³-hybridized carbons (Fsp3) is 0.231. The molecule has 0 aliphatic carbocycles. The van der Waals surface area contributed by atoms with Crippen molar-refractivity contribution in [3.05, 3.63) is 45.2 Å². The maximum Gasteiger partial charge on any atom is 0.306 e. The van der Waals surface area contributed by atoms with E-state index in [2.05, 4.69) is 10.3 Å². The molecule has 2 aromatic rings. The van der Waals surface area contributed by atoms with Crippen molar-refractivity contribution in [3.8, 4) is 0 Å². The molecule has 0 bridgehead atoms. The lowest BCUT2D eigenvalue weighted by molar-refractivity contribution is -0.387. The predicted molar refractivity (Wildman–Crippen MR) is 83.9 cm³/mol. The van der Waals surface area contributed by atoms with Crippen LogP contribution in [0.15, 0.2) is 27.9 Å². The number of nitro groups is 1. The first-order chi connectivity index (χ1) is 10.4. The van der Waals surface area contributed by atoms with Gasteiger partial charge in [-0.1, -0.05) is 11.8 Å². The van der Waals surface area contributed by atoms with E-state index < -0.39 is 21.7 Å². The van der Waals surface area contributed by atoms with Crippen molar-refractivity contribution in [2.75, 3.05) is 5.32 Å². The van der Waals surface area contributed by atoms with Gasteiger partial charge in [-0.2, -0.15) is 4.39 Å². The van der Waals surface area contributed by atoms with Gasteiger partial charge in [0.1, 0.15) is 0 Å². The van der Waals surface area contributed by atoms with E-state index in [4.69, 9.17) is 0 Å². The molecular weight excluding hydrogens is 329 g/mol. The Morgan fingerprint density at radius 2 is 2.27 bits per heavy atom. The first-order valence-corrected chi connectivity index (χ1v) is 7.96. The zero-order chi connectivity index (χ0) is 16.3. The zero-order valence-electron chi connectivity index (χ0n) is 11.7. The Bertz CT molecular complexity index is 720. The second-order valence-corrected chi connectivity index (χ2v) is 6.87. The van der Waals surface area contributed by atoms with Gasteiger partial charge < -0.3 is 5.32 Å². The molecule has 1 aromatic heterocycles. The summed E-state index contributed by atoms with van der Waals surface area (Å²) >= 11 is 2.74. The van der Waals surface area contributed by atoms with Crippen LogP contribution in [0.3, 0.4) is 0 Å². The summed E-state index contributed by atoms with van der Waals surface area (Å²) in [6.45, 7) is 3.57. The van der Waals surface area contributed by atoms with Crippen molar-refractivity contribution < 1.29 is 14.1 Å². The molecule has 1 aromatic carbocycles. The van der Waals surface area contributed by atoms with Crippen molar-refractivity contribution in [2.45, 2.75) is 23.4 Å². The van der Waals surface area contributed by atoms with Gasteiger partial charge in [-0.15, -0.1) is 11.3 Å². The summed E-state index contributed by atoms with van der Waals surface area (Å²) < 4.78 is 14.0. The van der Waals surface area contributed by atoms with E-state index in [1.807, 2.05) is 12.3 Å². The number of carbonyl (C=O) groups is 1. The fourth-order valence-corrected chi connectivity index (χ4v) is 3.55. The van der Waals surface area contributed by atoms with E-state index in [1.165, 1.54) is 29.2 Å². The third-order valence-corrected chi connectivity index (χ3v) is 4.84. The highest BCUT2D eigenvalue weighted by atomic mass is 32.2. The number of benzene rings is 1. The normalized spacial score (nSPS) is 12.0. The molecule has 1 amide bonds. The molecule has 0 saturated carbocycles. The summed E-state index contributed by atoms with van der Waals surface area (Å²) in [6, 6.07) is 3.24. The molecule has 2 rings (SSSR count). The average molecular weight is 341 g/mol. The molecule has 0 fully saturated rings. The largest absolute Gasteiger partial charge is 0.325 e. The second-order valence-electron chi connectivity index (χ2n) is 4.43. The van der Waals surface area contributed by atoms with E-state index in [9.17, 15) is 19.3 Å². The molecule has 0 aliphatic rings. The standard InChI is InChI=1S/C13H12FN3O3S2/c1-7-6-21-13(15-7)22-8(2)12(18)16-9-3-4-10(14)11(5-9)17(19)20/h3-6,8H,1-2H3,(H,16,18). The molecule has 9 heteroatoms. The number of nitro benzene ring substituents is 1. The average Bonchev–Trinajstić information content (AvgIpc) is 2.85. The molecule has 0 spiro atoms. The van der Waals surface area contributed by atoms with Crippen LogP contribution in [0.2, 0.25) is 0 Å². The quantitative estimate of drug-likeness (QED) is 0.510. The number of thiazole rings is 1. The maximum absolute atomic E-state index is 13.2. The lowest BCUT2D eigenvalue weighted by Crippen LogP contribution is -2.22. The zero-order valence-corrected chi connectivity index (χ0v) is 13.3. The Morgan fingerprint density at radius 1 is 1.55 bits per heavy atom. The number of thioether (sulfide) groups is 1. The topological polar surface area (TPSA) is 85.1 Å². The number of rotatable bonds is 5. The molecule has 1 atom stereocenters. The number of amides is 1. The van der Waals surface area contributed by atoms with Crippen molar-refractivity contribution in [1.29, 1.82) is 0 Å².